The Morgan fingerprint density at radius 3 is 2.42 bits per heavy atom. The number of carbonyl (C=O) groups excluding carboxylic acids is 1. The summed E-state index contributed by atoms with van der Waals surface area (Å²) in [6.07, 6.45) is 0.968. The smallest absolute Gasteiger partial charge is 0.152 e. The average Bonchev–Trinajstić information content (AvgIpc) is 3.13. The predicted molar refractivity (Wildman–Crippen MR) is 102 cm³/mol. The highest BCUT2D eigenvalue weighted by molar-refractivity contribution is 7.12. The topological polar surface area (TPSA) is 32.9 Å². The first-order chi connectivity index (χ1) is 11.7. The van der Waals surface area contributed by atoms with E-state index in [-0.39, 0.29) is 0 Å². The molecule has 0 saturated carbocycles. The van der Waals surface area contributed by atoms with Crippen LogP contribution in [0.4, 0.5) is 0 Å². The molecule has 0 fully saturated rings. The van der Waals surface area contributed by atoms with Crippen LogP contribution in [-0.4, -0.2) is 11.3 Å². The van der Waals surface area contributed by atoms with E-state index < -0.39 is 0 Å². The van der Waals surface area contributed by atoms with Crippen LogP contribution in [0, 0.1) is 13.8 Å². The third kappa shape index (κ3) is 2.38. The molecule has 4 rings (SSSR count). The summed E-state index contributed by atoms with van der Waals surface area (Å²) in [5, 5.41) is 0.976. The maximum Gasteiger partial charge on any atom is 0.152 e. The van der Waals surface area contributed by atoms with Crippen molar-refractivity contribution in [3.05, 3.63) is 69.9 Å². The molecule has 4 aromatic rings. The summed E-state index contributed by atoms with van der Waals surface area (Å²) in [6.45, 7) is 4.19. The number of aromatic nitrogens is 1. The molecule has 0 unspecified atom stereocenters. The van der Waals surface area contributed by atoms with Crippen molar-refractivity contribution in [1.82, 2.24) is 4.98 Å². The summed E-state index contributed by atoms with van der Waals surface area (Å²) in [4.78, 5) is 17.7. The highest BCUT2D eigenvalue weighted by Gasteiger charge is 2.16. The van der Waals surface area contributed by atoms with Gasteiger partial charge in [0.25, 0.3) is 0 Å². The zero-order valence-electron chi connectivity index (χ0n) is 13.6. The summed E-state index contributed by atoms with van der Waals surface area (Å²) >= 11 is 1.76. The maximum absolute atomic E-state index is 11.8. The van der Waals surface area contributed by atoms with E-state index in [0.717, 1.165) is 45.1 Å². The average molecular weight is 331 g/mol. The number of aldehydes is 1. The molecule has 0 atom stereocenters. The van der Waals surface area contributed by atoms with Crippen LogP contribution < -0.4 is 0 Å². The Hall–Kier alpha value is -2.65. The molecule has 0 aliphatic rings. The van der Waals surface area contributed by atoms with Crippen LogP contribution in [0.25, 0.3) is 33.3 Å². The molecule has 1 N–H and O–H groups in total. The Labute approximate surface area is 144 Å². The number of nitrogens with one attached hydrogen (secondary N) is 1. The SMILES string of the molecule is Cc1cc(-c2[nH]c3ccc(-c4ccccc4)cc3c2C=O)c(C)s1. The fraction of sp³-hybridized carbons (Fsp3) is 0.0952. The van der Waals surface area contributed by atoms with Gasteiger partial charge in [-0.3, -0.25) is 4.79 Å². The van der Waals surface area contributed by atoms with Crippen LogP contribution in [0.5, 0.6) is 0 Å². The van der Waals surface area contributed by atoms with Gasteiger partial charge in [0.05, 0.1) is 5.69 Å². The minimum Gasteiger partial charge on any atom is -0.354 e. The summed E-state index contributed by atoms with van der Waals surface area (Å²) in [6, 6.07) is 18.6. The van der Waals surface area contributed by atoms with Crippen LogP contribution in [0.15, 0.2) is 54.6 Å². The van der Waals surface area contributed by atoms with E-state index in [1.165, 1.54) is 9.75 Å². The number of benzene rings is 2. The van der Waals surface area contributed by atoms with Gasteiger partial charge in [-0.2, -0.15) is 0 Å². The Morgan fingerprint density at radius 1 is 0.958 bits per heavy atom. The lowest BCUT2D eigenvalue weighted by Crippen LogP contribution is -1.84. The lowest BCUT2D eigenvalue weighted by Gasteiger charge is -2.02. The second kappa shape index (κ2) is 5.77. The van der Waals surface area contributed by atoms with Crippen LogP contribution in [0.2, 0.25) is 0 Å². The summed E-state index contributed by atoms with van der Waals surface area (Å²) in [7, 11) is 0. The molecule has 0 aliphatic heterocycles. The van der Waals surface area contributed by atoms with Crippen molar-refractivity contribution in [3.8, 4) is 22.4 Å². The highest BCUT2D eigenvalue weighted by Crippen LogP contribution is 2.36. The van der Waals surface area contributed by atoms with Crippen molar-refractivity contribution in [2.45, 2.75) is 13.8 Å². The number of thiophene rings is 1. The Morgan fingerprint density at radius 2 is 1.75 bits per heavy atom. The highest BCUT2D eigenvalue weighted by atomic mass is 32.1. The molecule has 2 nitrogen and oxygen atoms in total. The number of aromatic amines is 1. The van der Waals surface area contributed by atoms with Crippen molar-refractivity contribution in [3.63, 3.8) is 0 Å². The van der Waals surface area contributed by atoms with Gasteiger partial charge in [-0.15, -0.1) is 11.3 Å². The third-order valence-corrected chi connectivity index (χ3v) is 5.34. The molecule has 2 heterocycles. The third-order valence-electron chi connectivity index (χ3n) is 4.37. The molecule has 0 aliphatic carbocycles. The van der Waals surface area contributed by atoms with E-state index in [0.29, 0.717) is 0 Å². The molecule has 0 saturated heterocycles. The first-order valence-electron chi connectivity index (χ1n) is 7.91. The monoisotopic (exact) mass is 331 g/mol. The van der Waals surface area contributed by atoms with E-state index in [2.05, 4.69) is 55.2 Å². The zero-order valence-corrected chi connectivity index (χ0v) is 14.4. The number of hydrogen-bond acceptors (Lipinski definition) is 2. The molecule has 0 spiro atoms. The van der Waals surface area contributed by atoms with Crippen LogP contribution in [0.1, 0.15) is 20.1 Å². The number of aryl methyl sites for hydroxylation is 2. The lowest BCUT2D eigenvalue weighted by molar-refractivity contribution is 0.112. The number of H-pyrrole nitrogens is 1. The van der Waals surface area contributed by atoms with Crippen LogP contribution >= 0.6 is 11.3 Å². The molecular formula is C21H17NOS. The minimum atomic E-state index is 0.740. The fourth-order valence-electron chi connectivity index (χ4n) is 3.24. The van der Waals surface area contributed by atoms with Gasteiger partial charge in [0.1, 0.15) is 0 Å². The molecule has 0 bridgehead atoms. The van der Waals surface area contributed by atoms with Gasteiger partial charge in [-0.05, 0) is 43.2 Å². The summed E-state index contributed by atoms with van der Waals surface area (Å²) in [5.74, 6) is 0. The van der Waals surface area contributed by atoms with Gasteiger partial charge in [0, 0.05) is 31.8 Å². The predicted octanol–water partition coefficient (Wildman–Crippen LogP) is 5.99. The Balaban J connectivity index is 1.95. The number of fused-ring (bicyclic) bond motifs is 1. The molecule has 0 radical (unpaired) electrons. The normalized spacial score (nSPS) is 11.1. The van der Waals surface area contributed by atoms with Crippen molar-refractivity contribution in [2.75, 3.05) is 0 Å². The molecule has 2 aromatic heterocycles. The molecule has 2 aromatic carbocycles. The summed E-state index contributed by atoms with van der Waals surface area (Å²) < 4.78 is 0. The number of rotatable bonds is 3. The van der Waals surface area contributed by atoms with Crippen LogP contribution in [-0.2, 0) is 0 Å². The van der Waals surface area contributed by atoms with Gasteiger partial charge in [-0.25, -0.2) is 0 Å². The van der Waals surface area contributed by atoms with E-state index >= 15 is 0 Å². The van der Waals surface area contributed by atoms with Gasteiger partial charge in [0.15, 0.2) is 6.29 Å². The van der Waals surface area contributed by atoms with Gasteiger partial charge >= 0.3 is 0 Å². The zero-order chi connectivity index (χ0) is 16.7. The lowest BCUT2D eigenvalue weighted by atomic mass is 10.0. The Kier molecular flexibility index (Phi) is 3.58. The quantitative estimate of drug-likeness (QED) is 0.459. The van der Waals surface area contributed by atoms with E-state index in [1.807, 2.05) is 18.2 Å². The van der Waals surface area contributed by atoms with Crippen molar-refractivity contribution in [2.24, 2.45) is 0 Å². The minimum absolute atomic E-state index is 0.740. The summed E-state index contributed by atoms with van der Waals surface area (Å²) in [5.41, 5.74) is 6.05. The molecule has 24 heavy (non-hydrogen) atoms. The number of hydrogen-bond donors (Lipinski definition) is 1. The van der Waals surface area contributed by atoms with Crippen molar-refractivity contribution in [1.29, 1.82) is 0 Å². The maximum atomic E-state index is 11.8. The van der Waals surface area contributed by atoms with E-state index in [4.69, 9.17) is 0 Å². The van der Waals surface area contributed by atoms with Crippen molar-refractivity contribution < 1.29 is 4.79 Å². The fourth-order valence-corrected chi connectivity index (χ4v) is 4.17. The second-order valence-electron chi connectivity index (χ2n) is 5.98. The molecule has 118 valence electrons. The van der Waals surface area contributed by atoms with Gasteiger partial charge < -0.3 is 4.98 Å². The van der Waals surface area contributed by atoms with Gasteiger partial charge in [0.2, 0.25) is 0 Å². The van der Waals surface area contributed by atoms with E-state index in [9.17, 15) is 4.79 Å². The first-order valence-corrected chi connectivity index (χ1v) is 8.73. The molecule has 0 amide bonds. The first kappa shape index (κ1) is 14.9. The largest absolute Gasteiger partial charge is 0.354 e. The number of carbonyl (C=O) groups is 1. The van der Waals surface area contributed by atoms with Gasteiger partial charge in [-0.1, -0.05) is 36.4 Å². The standard InChI is InChI=1S/C21H17NOS/c1-13-10-17(14(2)24-13)21-19(12-23)18-11-16(8-9-20(18)22-21)15-6-4-3-5-7-15/h3-12,22H,1-2H3. The molecular weight excluding hydrogens is 314 g/mol. The van der Waals surface area contributed by atoms with Crippen molar-refractivity contribution >= 4 is 28.5 Å². The Bertz CT molecular complexity index is 1040. The van der Waals surface area contributed by atoms with Crippen LogP contribution in [0.3, 0.4) is 0 Å². The van der Waals surface area contributed by atoms with E-state index in [1.54, 1.807) is 11.3 Å². The molecule has 3 heteroatoms. The second-order valence-corrected chi connectivity index (χ2v) is 7.45.